The Hall–Kier alpha value is -3.76. The molecule has 0 aliphatic heterocycles. The number of hydrazone groups is 1. The van der Waals surface area contributed by atoms with Crippen LogP contribution in [0.1, 0.15) is 29.8 Å². The summed E-state index contributed by atoms with van der Waals surface area (Å²) in [5.74, 6) is 0.429. The number of ether oxygens (including phenoxy) is 3. The fourth-order valence-electron chi connectivity index (χ4n) is 3.06. The molecule has 0 radical (unpaired) electrons. The quantitative estimate of drug-likeness (QED) is 0.217. The molecule has 1 amide bonds. The number of nitrogens with one attached hydrogen (secondary N) is 1. The molecule has 1 N–H and O–H groups in total. The van der Waals surface area contributed by atoms with E-state index in [4.69, 9.17) is 30.0 Å². The Morgan fingerprint density at radius 3 is 2.33 bits per heavy atom. The zero-order chi connectivity index (χ0) is 26.1. The monoisotopic (exact) mass is 532 g/mol. The van der Waals surface area contributed by atoms with Crippen LogP contribution in [0.15, 0.2) is 70.7 Å². The summed E-state index contributed by atoms with van der Waals surface area (Å²) in [4.78, 5) is 12.5. The van der Waals surface area contributed by atoms with Crippen molar-refractivity contribution in [2.75, 3.05) is 20.3 Å². The highest BCUT2D eigenvalue weighted by molar-refractivity contribution is 7.87. The van der Waals surface area contributed by atoms with E-state index >= 15 is 0 Å². The first-order valence-electron chi connectivity index (χ1n) is 10.9. The summed E-state index contributed by atoms with van der Waals surface area (Å²) in [5.41, 5.74) is 3.18. The first kappa shape index (κ1) is 26.8. The molecule has 9 nitrogen and oxygen atoms in total. The molecule has 0 bridgehead atoms. The molecule has 0 aromatic heterocycles. The number of rotatable bonds is 11. The number of halogens is 1. The number of benzene rings is 3. The fraction of sp³-hybridized carbons (Fsp3) is 0.200. The lowest BCUT2D eigenvalue weighted by atomic mass is 10.2. The van der Waals surface area contributed by atoms with Crippen LogP contribution in [0, 0.1) is 0 Å². The van der Waals surface area contributed by atoms with Crippen LogP contribution >= 0.6 is 11.6 Å². The van der Waals surface area contributed by atoms with Crippen molar-refractivity contribution < 1.29 is 31.6 Å². The lowest BCUT2D eigenvalue weighted by Crippen LogP contribution is -2.17. The Balaban J connectivity index is 1.76. The minimum atomic E-state index is -4.13. The Morgan fingerprint density at radius 2 is 1.67 bits per heavy atom. The molecule has 36 heavy (non-hydrogen) atoms. The van der Waals surface area contributed by atoms with Crippen LogP contribution in [0.5, 0.6) is 23.0 Å². The maximum absolute atomic E-state index is 12.6. The van der Waals surface area contributed by atoms with Gasteiger partial charge < -0.3 is 18.4 Å². The van der Waals surface area contributed by atoms with Crippen molar-refractivity contribution in [2.24, 2.45) is 5.10 Å². The molecule has 0 aliphatic rings. The van der Waals surface area contributed by atoms with Crippen LogP contribution in [0.3, 0.4) is 0 Å². The zero-order valence-electron chi connectivity index (χ0n) is 19.9. The summed E-state index contributed by atoms with van der Waals surface area (Å²) in [6.07, 6.45) is 1.33. The molecular weight excluding hydrogens is 508 g/mol. The van der Waals surface area contributed by atoms with E-state index in [9.17, 15) is 13.2 Å². The highest BCUT2D eigenvalue weighted by atomic mass is 35.5. The van der Waals surface area contributed by atoms with Gasteiger partial charge in [-0.1, -0.05) is 29.8 Å². The van der Waals surface area contributed by atoms with Crippen molar-refractivity contribution >= 4 is 33.8 Å². The number of amides is 1. The average molecular weight is 533 g/mol. The van der Waals surface area contributed by atoms with Gasteiger partial charge in [0, 0.05) is 5.56 Å². The zero-order valence-corrected chi connectivity index (χ0v) is 21.4. The molecule has 0 saturated carbocycles. The number of hydrogen-bond donors (Lipinski definition) is 1. The predicted molar refractivity (Wildman–Crippen MR) is 136 cm³/mol. The van der Waals surface area contributed by atoms with Gasteiger partial charge in [0.1, 0.15) is 4.90 Å². The Labute approximate surface area is 214 Å². The number of carbonyl (C=O) groups excluding carboxylic acids is 1. The van der Waals surface area contributed by atoms with E-state index in [1.165, 1.54) is 37.6 Å². The number of nitrogens with zero attached hydrogens (tertiary/aromatic N) is 1. The van der Waals surface area contributed by atoms with Crippen molar-refractivity contribution in [1.29, 1.82) is 0 Å². The molecular formula is C25H25ClN2O7S. The van der Waals surface area contributed by atoms with E-state index < -0.39 is 16.0 Å². The van der Waals surface area contributed by atoms with E-state index in [0.717, 1.165) is 0 Å². The molecule has 0 heterocycles. The minimum Gasteiger partial charge on any atom is -0.493 e. The third-order valence-electron chi connectivity index (χ3n) is 4.66. The highest BCUT2D eigenvalue weighted by Gasteiger charge is 2.22. The van der Waals surface area contributed by atoms with Crippen molar-refractivity contribution in [3.05, 3.63) is 76.8 Å². The number of hydrogen-bond acceptors (Lipinski definition) is 8. The van der Waals surface area contributed by atoms with Gasteiger partial charge in [-0.25, -0.2) is 5.43 Å². The van der Waals surface area contributed by atoms with Gasteiger partial charge >= 0.3 is 10.1 Å². The fourth-order valence-corrected chi connectivity index (χ4v) is 4.34. The maximum atomic E-state index is 12.6. The van der Waals surface area contributed by atoms with Gasteiger partial charge in [0.15, 0.2) is 17.2 Å². The summed E-state index contributed by atoms with van der Waals surface area (Å²) < 4.78 is 46.7. The minimum absolute atomic E-state index is 0.0190. The molecule has 11 heteroatoms. The molecule has 0 fully saturated rings. The van der Waals surface area contributed by atoms with Crippen LogP contribution in [-0.2, 0) is 10.1 Å². The first-order valence-corrected chi connectivity index (χ1v) is 12.7. The standard InChI is InChI=1S/C25H25ClN2O7S/c1-4-33-21-12-11-18(15-22(21)34-5-2)25(29)28-27-16-17-13-20(26)24(23(14-17)32-3)35-36(30,31)19-9-7-6-8-10-19/h6-16H,4-5H2,1-3H3,(H,28,29)/b27-16+. The van der Waals surface area contributed by atoms with Crippen molar-refractivity contribution in [1.82, 2.24) is 5.43 Å². The molecule has 3 aromatic rings. The summed E-state index contributed by atoms with van der Waals surface area (Å²) in [6, 6.07) is 15.4. The van der Waals surface area contributed by atoms with Crippen LogP contribution in [0.4, 0.5) is 0 Å². The van der Waals surface area contributed by atoms with Gasteiger partial charge in [-0.2, -0.15) is 13.5 Å². The SMILES string of the molecule is CCOc1ccc(C(=O)N/N=C/c2cc(Cl)c(OS(=O)(=O)c3ccccc3)c(OC)c2)cc1OCC. The van der Waals surface area contributed by atoms with Gasteiger partial charge in [-0.3, -0.25) is 4.79 Å². The molecule has 0 atom stereocenters. The van der Waals surface area contributed by atoms with E-state index in [2.05, 4.69) is 10.5 Å². The summed E-state index contributed by atoms with van der Waals surface area (Å²) in [7, 11) is -2.78. The van der Waals surface area contributed by atoms with Gasteiger partial charge in [-0.05, 0) is 61.9 Å². The predicted octanol–water partition coefficient (Wildman–Crippen LogP) is 4.68. The second kappa shape index (κ2) is 12.3. The summed E-state index contributed by atoms with van der Waals surface area (Å²) in [6.45, 7) is 4.56. The third-order valence-corrected chi connectivity index (χ3v) is 6.18. The summed E-state index contributed by atoms with van der Waals surface area (Å²) in [5, 5.41) is 3.93. The van der Waals surface area contributed by atoms with E-state index in [-0.39, 0.29) is 21.4 Å². The molecule has 3 aromatic carbocycles. The van der Waals surface area contributed by atoms with Crippen LogP contribution in [-0.4, -0.2) is 40.9 Å². The molecule has 0 spiro atoms. The van der Waals surface area contributed by atoms with Crippen molar-refractivity contribution in [3.8, 4) is 23.0 Å². The second-order valence-corrected chi connectivity index (χ2v) is 9.06. The molecule has 190 valence electrons. The second-order valence-electron chi connectivity index (χ2n) is 7.11. The Bertz CT molecular complexity index is 1350. The van der Waals surface area contributed by atoms with Crippen molar-refractivity contribution in [3.63, 3.8) is 0 Å². The molecule has 3 rings (SSSR count). The third kappa shape index (κ3) is 6.67. The first-order chi connectivity index (χ1) is 17.3. The molecule has 0 saturated heterocycles. The topological polar surface area (TPSA) is 113 Å². The molecule has 0 aliphatic carbocycles. The van der Waals surface area contributed by atoms with Crippen LogP contribution in [0.25, 0.3) is 0 Å². The molecule has 0 unspecified atom stereocenters. The lowest BCUT2D eigenvalue weighted by Gasteiger charge is -2.13. The van der Waals surface area contributed by atoms with Crippen molar-refractivity contribution in [2.45, 2.75) is 18.7 Å². The lowest BCUT2D eigenvalue weighted by molar-refractivity contribution is 0.0954. The number of methoxy groups -OCH3 is 1. The van der Waals surface area contributed by atoms with E-state index in [0.29, 0.717) is 35.8 Å². The largest absolute Gasteiger partial charge is 0.493 e. The van der Waals surface area contributed by atoms with Gasteiger partial charge in [0.25, 0.3) is 5.91 Å². The number of carbonyl (C=O) groups is 1. The highest BCUT2D eigenvalue weighted by Crippen LogP contribution is 2.38. The van der Waals surface area contributed by atoms with Gasteiger partial charge in [0.2, 0.25) is 5.75 Å². The summed E-state index contributed by atoms with van der Waals surface area (Å²) >= 11 is 6.29. The van der Waals surface area contributed by atoms with Crippen LogP contribution in [0.2, 0.25) is 5.02 Å². The van der Waals surface area contributed by atoms with Gasteiger partial charge in [0.05, 0.1) is 31.6 Å². The average Bonchev–Trinajstić information content (AvgIpc) is 2.87. The van der Waals surface area contributed by atoms with E-state index in [1.807, 2.05) is 13.8 Å². The normalized spacial score (nSPS) is 11.2. The van der Waals surface area contributed by atoms with Crippen LogP contribution < -0.4 is 23.8 Å². The maximum Gasteiger partial charge on any atom is 0.339 e. The van der Waals surface area contributed by atoms with Gasteiger partial charge in [-0.15, -0.1) is 0 Å². The Morgan fingerprint density at radius 1 is 0.972 bits per heavy atom. The smallest absolute Gasteiger partial charge is 0.339 e. The van der Waals surface area contributed by atoms with E-state index in [1.54, 1.807) is 36.4 Å². The Kier molecular flexibility index (Phi) is 9.15.